The molecule has 0 aliphatic carbocycles. The minimum atomic E-state index is 0. The predicted octanol–water partition coefficient (Wildman–Crippen LogP) is 1.91. The second-order valence-electron chi connectivity index (χ2n) is 4.81. The Morgan fingerprint density at radius 2 is 2.17 bits per heavy atom. The molecule has 0 aromatic heterocycles. The molecule has 3 nitrogen and oxygen atoms in total. The summed E-state index contributed by atoms with van der Waals surface area (Å²) in [5.41, 5.74) is 8.33. The van der Waals surface area contributed by atoms with Crippen molar-refractivity contribution in [2.75, 3.05) is 13.1 Å². The van der Waals surface area contributed by atoms with E-state index in [-0.39, 0.29) is 24.4 Å². The van der Waals surface area contributed by atoms with Gasteiger partial charge < -0.3 is 10.6 Å². The zero-order valence-electron chi connectivity index (χ0n) is 10.8. The van der Waals surface area contributed by atoms with Gasteiger partial charge in [0.2, 0.25) is 5.91 Å². The van der Waals surface area contributed by atoms with Gasteiger partial charge in [-0.25, -0.2) is 0 Å². The highest BCUT2D eigenvalue weighted by atomic mass is 35.5. The van der Waals surface area contributed by atoms with Crippen LogP contribution in [0.4, 0.5) is 0 Å². The van der Waals surface area contributed by atoms with E-state index in [1.165, 1.54) is 11.1 Å². The third-order valence-electron chi connectivity index (χ3n) is 3.45. The highest BCUT2D eigenvalue weighted by molar-refractivity contribution is 5.85. The number of nitrogens with two attached hydrogens (primary N) is 1. The smallest absolute Gasteiger partial charge is 0.222 e. The topological polar surface area (TPSA) is 46.3 Å². The lowest BCUT2D eigenvalue weighted by atomic mass is 10.0. The highest BCUT2D eigenvalue weighted by Crippen LogP contribution is 2.13. The molecule has 2 rings (SSSR count). The maximum Gasteiger partial charge on any atom is 0.222 e. The van der Waals surface area contributed by atoms with Crippen LogP contribution >= 0.6 is 12.4 Å². The van der Waals surface area contributed by atoms with Gasteiger partial charge in [-0.3, -0.25) is 4.79 Å². The molecule has 1 aromatic rings. The number of aryl methyl sites for hydroxylation is 2. The van der Waals surface area contributed by atoms with Crippen molar-refractivity contribution in [2.24, 2.45) is 5.73 Å². The standard InChI is InChI=1S/C14H20N2O.ClH/c1-11-4-2-3-5-12(11)6-7-14(17)16-9-8-13(15)10-16;/h2-5,13H,6-10,15H2,1H3;1H. The van der Waals surface area contributed by atoms with E-state index in [1.54, 1.807) is 0 Å². The van der Waals surface area contributed by atoms with Crippen LogP contribution in [0.3, 0.4) is 0 Å². The summed E-state index contributed by atoms with van der Waals surface area (Å²) >= 11 is 0. The molecule has 100 valence electrons. The lowest BCUT2D eigenvalue weighted by molar-refractivity contribution is -0.130. The van der Waals surface area contributed by atoms with Crippen molar-refractivity contribution in [1.82, 2.24) is 4.90 Å². The van der Waals surface area contributed by atoms with E-state index < -0.39 is 0 Å². The van der Waals surface area contributed by atoms with E-state index >= 15 is 0 Å². The Balaban J connectivity index is 0.00000162. The van der Waals surface area contributed by atoms with Crippen LogP contribution in [0, 0.1) is 6.92 Å². The Morgan fingerprint density at radius 3 is 2.78 bits per heavy atom. The van der Waals surface area contributed by atoms with E-state index in [0.717, 1.165) is 25.9 Å². The average Bonchev–Trinajstić information content (AvgIpc) is 2.74. The van der Waals surface area contributed by atoms with Gasteiger partial charge in [0.25, 0.3) is 0 Å². The lowest BCUT2D eigenvalue weighted by Gasteiger charge is -2.15. The quantitative estimate of drug-likeness (QED) is 0.910. The monoisotopic (exact) mass is 268 g/mol. The number of benzene rings is 1. The number of amides is 1. The van der Waals surface area contributed by atoms with Crippen LogP contribution in [0.1, 0.15) is 24.0 Å². The van der Waals surface area contributed by atoms with E-state index in [1.807, 2.05) is 17.0 Å². The third kappa shape index (κ3) is 3.72. The molecule has 1 fully saturated rings. The van der Waals surface area contributed by atoms with E-state index in [0.29, 0.717) is 6.42 Å². The second-order valence-corrected chi connectivity index (χ2v) is 4.81. The maximum absolute atomic E-state index is 11.9. The fraction of sp³-hybridized carbons (Fsp3) is 0.500. The molecule has 1 aliphatic rings. The fourth-order valence-corrected chi connectivity index (χ4v) is 2.30. The molecule has 0 bridgehead atoms. The lowest BCUT2D eigenvalue weighted by Crippen LogP contribution is -2.32. The van der Waals surface area contributed by atoms with Gasteiger partial charge in [0.15, 0.2) is 0 Å². The normalized spacial score (nSPS) is 18.6. The van der Waals surface area contributed by atoms with Crippen molar-refractivity contribution < 1.29 is 4.79 Å². The highest BCUT2D eigenvalue weighted by Gasteiger charge is 2.22. The van der Waals surface area contributed by atoms with Gasteiger partial charge in [0.1, 0.15) is 0 Å². The van der Waals surface area contributed by atoms with Crippen LogP contribution in [0.2, 0.25) is 0 Å². The van der Waals surface area contributed by atoms with Gasteiger partial charge in [0, 0.05) is 25.6 Å². The van der Waals surface area contributed by atoms with Crippen molar-refractivity contribution in [3.05, 3.63) is 35.4 Å². The summed E-state index contributed by atoms with van der Waals surface area (Å²) in [7, 11) is 0. The number of hydrogen-bond acceptors (Lipinski definition) is 2. The molecule has 4 heteroatoms. The van der Waals surface area contributed by atoms with Crippen LogP contribution in [0.15, 0.2) is 24.3 Å². The number of rotatable bonds is 3. The number of carbonyl (C=O) groups is 1. The Bertz CT molecular complexity index is 409. The van der Waals surface area contributed by atoms with Crippen molar-refractivity contribution in [3.63, 3.8) is 0 Å². The summed E-state index contributed by atoms with van der Waals surface area (Å²) in [5.74, 6) is 0.237. The van der Waals surface area contributed by atoms with Crippen molar-refractivity contribution >= 4 is 18.3 Å². The van der Waals surface area contributed by atoms with Crippen LogP contribution < -0.4 is 5.73 Å². The maximum atomic E-state index is 11.9. The van der Waals surface area contributed by atoms with Crippen molar-refractivity contribution in [1.29, 1.82) is 0 Å². The molecule has 0 spiro atoms. The number of nitrogens with zero attached hydrogens (tertiary/aromatic N) is 1. The van der Waals surface area contributed by atoms with Crippen LogP contribution in [0.25, 0.3) is 0 Å². The van der Waals surface area contributed by atoms with Gasteiger partial charge in [-0.05, 0) is 30.9 Å². The van der Waals surface area contributed by atoms with Gasteiger partial charge in [-0.15, -0.1) is 12.4 Å². The van der Waals surface area contributed by atoms with Crippen LogP contribution in [-0.4, -0.2) is 29.9 Å². The number of carbonyl (C=O) groups excluding carboxylic acids is 1. The molecular weight excluding hydrogens is 248 g/mol. The van der Waals surface area contributed by atoms with E-state index in [2.05, 4.69) is 19.1 Å². The molecular formula is C14H21ClN2O. The molecule has 1 heterocycles. The average molecular weight is 269 g/mol. The first-order valence-electron chi connectivity index (χ1n) is 6.24. The third-order valence-corrected chi connectivity index (χ3v) is 3.45. The van der Waals surface area contributed by atoms with E-state index in [9.17, 15) is 4.79 Å². The van der Waals surface area contributed by atoms with Crippen molar-refractivity contribution in [2.45, 2.75) is 32.2 Å². The number of halogens is 1. The molecule has 0 radical (unpaired) electrons. The minimum absolute atomic E-state index is 0. The molecule has 1 amide bonds. The molecule has 1 aromatic carbocycles. The van der Waals surface area contributed by atoms with Gasteiger partial charge >= 0.3 is 0 Å². The first kappa shape index (κ1) is 15.0. The second kappa shape index (κ2) is 6.76. The number of likely N-dealkylation sites (tertiary alicyclic amines) is 1. The fourth-order valence-electron chi connectivity index (χ4n) is 2.30. The molecule has 1 aliphatic heterocycles. The molecule has 1 unspecified atom stereocenters. The minimum Gasteiger partial charge on any atom is -0.341 e. The van der Waals surface area contributed by atoms with Gasteiger partial charge in [-0.1, -0.05) is 24.3 Å². The Kier molecular flexibility index (Phi) is 5.63. The largest absolute Gasteiger partial charge is 0.341 e. The summed E-state index contributed by atoms with van der Waals surface area (Å²) in [6.07, 6.45) is 2.37. The molecule has 2 N–H and O–H groups in total. The van der Waals surface area contributed by atoms with Crippen LogP contribution in [0.5, 0.6) is 0 Å². The zero-order chi connectivity index (χ0) is 12.3. The van der Waals surface area contributed by atoms with Gasteiger partial charge in [0.05, 0.1) is 0 Å². The Hall–Kier alpha value is -1.06. The molecule has 1 saturated heterocycles. The molecule has 0 saturated carbocycles. The Morgan fingerprint density at radius 1 is 1.44 bits per heavy atom. The first-order chi connectivity index (χ1) is 8.16. The van der Waals surface area contributed by atoms with Gasteiger partial charge in [-0.2, -0.15) is 0 Å². The Labute approximate surface area is 115 Å². The summed E-state index contributed by atoms with van der Waals surface area (Å²) in [4.78, 5) is 13.8. The van der Waals surface area contributed by atoms with Crippen molar-refractivity contribution in [3.8, 4) is 0 Å². The van der Waals surface area contributed by atoms with Crippen LogP contribution in [-0.2, 0) is 11.2 Å². The summed E-state index contributed by atoms with van der Waals surface area (Å²) in [5, 5.41) is 0. The summed E-state index contributed by atoms with van der Waals surface area (Å²) < 4.78 is 0. The predicted molar refractivity (Wildman–Crippen MR) is 75.9 cm³/mol. The SMILES string of the molecule is Cc1ccccc1CCC(=O)N1CCC(N)C1.Cl. The summed E-state index contributed by atoms with van der Waals surface area (Å²) in [6, 6.07) is 8.42. The van der Waals surface area contributed by atoms with E-state index in [4.69, 9.17) is 5.73 Å². The zero-order valence-corrected chi connectivity index (χ0v) is 11.6. The molecule has 1 atom stereocenters. The first-order valence-corrected chi connectivity index (χ1v) is 6.24. The summed E-state index contributed by atoms with van der Waals surface area (Å²) in [6.45, 7) is 3.64. The molecule has 18 heavy (non-hydrogen) atoms. The number of hydrogen-bond donors (Lipinski definition) is 1.